The monoisotopic (exact) mass is 266 g/mol. The van der Waals surface area contributed by atoms with Gasteiger partial charge in [0, 0.05) is 0 Å². The Morgan fingerprint density at radius 3 is 2.16 bits per heavy atom. The Bertz CT molecular complexity index is 426. The third kappa shape index (κ3) is 4.03. The lowest BCUT2D eigenvalue weighted by Gasteiger charge is -2.29. The van der Waals surface area contributed by atoms with E-state index in [1.165, 1.54) is 12.1 Å². The van der Waals surface area contributed by atoms with E-state index in [9.17, 15) is 9.18 Å². The molecule has 0 aliphatic rings. The maximum Gasteiger partial charge on any atom is 0.240 e. The van der Waals surface area contributed by atoms with Crippen molar-refractivity contribution < 1.29 is 9.18 Å². The Balaban J connectivity index is 2.91. The highest BCUT2D eigenvalue weighted by Crippen LogP contribution is 2.22. The largest absolute Gasteiger partial charge is 0.347 e. The molecule has 1 amide bonds. The average Bonchev–Trinajstić information content (AvgIpc) is 2.36. The van der Waals surface area contributed by atoms with Crippen molar-refractivity contribution in [3.05, 3.63) is 35.6 Å². The SMILES string of the molecule is CNC(C)(C)C(=O)NC(c1ccc(F)cc1)C(C)C. The van der Waals surface area contributed by atoms with Crippen LogP contribution < -0.4 is 10.6 Å². The molecule has 1 unspecified atom stereocenters. The van der Waals surface area contributed by atoms with Crippen molar-refractivity contribution >= 4 is 5.91 Å². The zero-order valence-corrected chi connectivity index (χ0v) is 12.3. The van der Waals surface area contributed by atoms with Gasteiger partial charge in [-0.15, -0.1) is 0 Å². The number of carbonyl (C=O) groups is 1. The lowest BCUT2D eigenvalue weighted by atomic mass is 9.94. The second-order valence-electron chi connectivity index (χ2n) is 5.62. The van der Waals surface area contributed by atoms with Crippen LogP contribution in [0.1, 0.15) is 39.3 Å². The smallest absolute Gasteiger partial charge is 0.240 e. The minimum Gasteiger partial charge on any atom is -0.347 e. The molecule has 0 aromatic heterocycles. The summed E-state index contributed by atoms with van der Waals surface area (Å²) in [4.78, 5) is 12.2. The topological polar surface area (TPSA) is 41.1 Å². The van der Waals surface area contributed by atoms with Gasteiger partial charge >= 0.3 is 0 Å². The number of carbonyl (C=O) groups excluding carboxylic acids is 1. The molecule has 0 fully saturated rings. The van der Waals surface area contributed by atoms with Gasteiger partial charge in [-0.3, -0.25) is 4.79 Å². The van der Waals surface area contributed by atoms with Gasteiger partial charge in [-0.05, 0) is 44.5 Å². The zero-order chi connectivity index (χ0) is 14.6. The maximum atomic E-state index is 13.0. The molecule has 1 rings (SSSR count). The van der Waals surface area contributed by atoms with Crippen molar-refractivity contribution in [2.75, 3.05) is 7.05 Å². The van der Waals surface area contributed by atoms with Gasteiger partial charge in [0.25, 0.3) is 0 Å². The summed E-state index contributed by atoms with van der Waals surface area (Å²) in [5.41, 5.74) is 0.282. The van der Waals surface area contributed by atoms with Crippen LogP contribution in [-0.4, -0.2) is 18.5 Å². The first-order valence-electron chi connectivity index (χ1n) is 6.53. The standard InChI is InChI=1S/C15H23FN2O/c1-10(2)13(11-6-8-12(16)9-7-11)18-14(19)15(3,4)17-5/h6-10,13,17H,1-5H3,(H,18,19). The summed E-state index contributed by atoms with van der Waals surface area (Å²) >= 11 is 0. The lowest BCUT2D eigenvalue weighted by Crippen LogP contribution is -2.52. The molecule has 4 heteroatoms. The van der Waals surface area contributed by atoms with E-state index in [-0.39, 0.29) is 23.7 Å². The highest BCUT2D eigenvalue weighted by molar-refractivity contribution is 5.85. The molecule has 0 saturated heterocycles. The van der Waals surface area contributed by atoms with Crippen LogP contribution in [0.5, 0.6) is 0 Å². The van der Waals surface area contributed by atoms with Crippen LogP contribution >= 0.6 is 0 Å². The van der Waals surface area contributed by atoms with Gasteiger partial charge in [0.1, 0.15) is 5.82 Å². The molecule has 19 heavy (non-hydrogen) atoms. The number of hydrogen-bond acceptors (Lipinski definition) is 2. The van der Waals surface area contributed by atoms with Crippen LogP contribution in [0.25, 0.3) is 0 Å². The minimum absolute atomic E-state index is 0.0713. The number of halogens is 1. The van der Waals surface area contributed by atoms with Gasteiger partial charge in [0.15, 0.2) is 0 Å². The molecular formula is C15H23FN2O. The highest BCUT2D eigenvalue weighted by atomic mass is 19.1. The Morgan fingerprint density at radius 2 is 1.74 bits per heavy atom. The first-order valence-corrected chi connectivity index (χ1v) is 6.53. The fourth-order valence-electron chi connectivity index (χ4n) is 1.74. The van der Waals surface area contributed by atoms with E-state index < -0.39 is 5.54 Å². The molecule has 0 aliphatic carbocycles. The van der Waals surface area contributed by atoms with E-state index >= 15 is 0 Å². The quantitative estimate of drug-likeness (QED) is 0.860. The number of benzene rings is 1. The summed E-state index contributed by atoms with van der Waals surface area (Å²) in [5.74, 6) is -0.117. The minimum atomic E-state index is -0.632. The molecule has 1 aromatic rings. The zero-order valence-electron chi connectivity index (χ0n) is 12.3. The van der Waals surface area contributed by atoms with Crippen molar-refractivity contribution in [1.29, 1.82) is 0 Å². The molecule has 0 bridgehead atoms. The molecule has 0 saturated carbocycles. The van der Waals surface area contributed by atoms with Crippen molar-refractivity contribution in [1.82, 2.24) is 10.6 Å². The normalized spacial score (nSPS) is 13.4. The Labute approximate surface area is 114 Å². The van der Waals surface area contributed by atoms with Crippen LogP contribution in [-0.2, 0) is 4.79 Å². The first-order chi connectivity index (χ1) is 8.77. The van der Waals surface area contributed by atoms with E-state index in [1.54, 1.807) is 19.2 Å². The summed E-state index contributed by atoms with van der Waals surface area (Å²) in [6.07, 6.45) is 0. The Kier molecular flexibility index (Phi) is 5.06. The third-order valence-electron chi connectivity index (χ3n) is 3.38. The molecule has 1 atom stereocenters. The van der Waals surface area contributed by atoms with Crippen molar-refractivity contribution in [3.8, 4) is 0 Å². The second-order valence-corrected chi connectivity index (χ2v) is 5.62. The van der Waals surface area contributed by atoms with Crippen molar-refractivity contribution in [2.24, 2.45) is 5.92 Å². The van der Waals surface area contributed by atoms with Crippen LogP contribution in [0.4, 0.5) is 4.39 Å². The van der Waals surface area contributed by atoms with E-state index in [4.69, 9.17) is 0 Å². The van der Waals surface area contributed by atoms with Crippen molar-refractivity contribution in [3.63, 3.8) is 0 Å². The molecule has 3 nitrogen and oxygen atoms in total. The molecule has 0 aliphatic heterocycles. The number of likely N-dealkylation sites (N-methyl/N-ethyl adjacent to an activating group) is 1. The summed E-state index contributed by atoms with van der Waals surface area (Å²) in [5, 5.41) is 5.99. The number of hydrogen-bond donors (Lipinski definition) is 2. The molecule has 0 heterocycles. The van der Waals surface area contributed by atoms with Gasteiger partial charge in [0.2, 0.25) is 5.91 Å². The lowest BCUT2D eigenvalue weighted by molar-refractivity contribution is -0.127. The van der Waals surface area contributed by atoms with E-state index in [0.29, 0.717) is 0 Å². The Morgan fingerprint density at radius 1 is 1.21 bits per heavy atom. The predicted octanol–water partition coefficient (Wildman–Crippen LogP) is 2.64. The molecule has 0 spiro atoms. The number of nitrogens with one attached hydrogen (secondary N) is 2. The summed E-state index contributed by atoms with van der Waals surface area (Å²) < 4.78 is 13.0. The Hall–Kier alpha value is -1.42. The maximum absolute atomic E-state index is 13.0. The summed E-state index contributed by atoms with van der Waals surface area (Å²) in [7, 11) is 1.75. The number of rotatable bonds is 5. The van der Waals surface area contributed by atoms with E-state index in [2.05, 4.69) is 10.6 Å². The summed E-state index contributed by atoms with van der Waals surface area (Å²) in [6.45, 7) is 7.70. The van der Waals surface area contributed by atoms with Gasteiger partial charge < -0.3 is 10.6 Å². The van der Waals surface area contributed by atoms with Crippen LogP contribution in [0.3, 0.4) is 0 Å². The highest BCUT2D eigenvalue weighted by Gasteiger charge is 2.28. The van der Waals surface area contributed by atoms with Gasteiger partial charge in [-0.2, -0.15) is 0 Å². The van der Waals surface area contributed by atoms with E-state index in [1.807, 2.05) is 27.7 Å². The van der Waals surface area contributed by atoms with Gasteiger partial charge in [0.05, 0.1) is 11.6 Å². The number of amides is 1. The first kappa shape index (κ1) is 15.6. The van der Waals surface area contributed by atoms with Crippen LogP contribution in [0.2, 0.25) is 0 Å². The third-order valence-corrected chi connectivity index (χ3v) is 3.38. The molecule has 2 N–H and O–H groups in total. The van der Waals surface area contributed by atoms with Gasteiger partial charge in [-0.25, -0.2) is 4.39 Å². The molecule has 1 aromatic carbocycles. The molecule has 106 valence electrons. The predicted molar refractivity (Wildman–Crippen MR) is 75.3 cm³/mol. The summed E-state index contributed by atoms with van der Waals surface area (Å²) in [6, 6.07) is 6.14. The molecular weight excluding hydrogens is 243 g/mol. The van der Waals surface area contributed by atoms with Gasteiger partial charge in [-0.1, -0.05) is 26.0 Å². The van der Waals surface area contributed by atoms with Crippen LogP contribution in [0.15, 0.2) is 24.3 Å². The second kappa shape index (κ2) is 6.15. The van der Waals surface area contributed by atoms with E-state index in [0.717, 1.165) is 5.56 Å². The van der Waals surface area contributed by atoms with Crippen LogP contribution in [0, 0.1) is 11.7 Å². The average molecular weight is 266 g/mol. The molecule has 0 radical (unpaired) electrons. The fraction of sp³-hybridized carbons (Fsp3) is 0.533. The fourth-order valence-corrected chi connectivity index (χ4v) is 1.74. The van der Waals surface area contributed by atoms with Crippen molar-refractivity contribution in [2.45, 2.75) is 39.3 Å².